The first-order valence-electron chi connectivity index (χ1n) is 7.18. The van der Waals surface area contributed by atoms with Crippen LogP contribution in [-0.4, -0.2) is 32.7 Å². The number of nitrogens with zero attached hydrogens (tertiary/aromatic N) is 1. The van der Waals surface area contributed by atoms with E-state index in [0.29, 0.717) is 22.2 Å². The van der Waals surface area contributed by atoms with Crippen LogP contribution in [0.25, 0.3) is 6.08 Å². The van der Waals surface area contributed by atoms with Crippen molar-refractivity contribution in [3.8, 4) is 0 Å². The molecule has 0 bridgehead atoms. The summed E-state index contributed by atoms with van der Waals surface area (Å²) in [6.45, 7) is 2.28. The van der Waals surface area contributed by atoms with Crippen LogP contribution >= 0.6 is 24.0 Å². The van der Waals surface area contributed by atoms with Crippen molar-refractivity contribution < 1.29 is 14.7 Å². The first-order chi connectivity index (χ1) is 11.0. The zero-order valence-corrected chi connectivity index (χ0v) is 14.3. The minimum Gasteiger partial charge on any atom is -0.481 e. The highest BCUT2D eigenvalue weighted by molar-refractivity contribution is 8.26. The maximum Gasteiger partial charge on any atom is 0.303 e. The van der Waals surface area contributed by atoms with Gasteiger partial charge >= 0.3 is 5.97 Å². The molecule has 0 aromatic heterocycles. The van der Waals surface area contributed by atoms with Gasteiger partial charge in [0.2, 0.25) is 0 Å². The van der Waals surface area contributed by atoms with E-state index in [9.17, 15) is 9.59 Å². The number of hydrogen-bond donors (Lipinski definition) is 1. The van der Waals surface area contributed by atoms with Crippen molar-refractivity contribution in [1.29, 1.82) is 0 Å². The van der Waals surface area contributed by atoms with Gasteiger partial charge in [0.25, 0.3) is 5.91 Å². The Morgan fingerprint density at radius 3 is 2.70 bits per heavy atom. The van der Waals surface area contributed by atoms with E-state index >= 15 is 0 Å². The van der Waals surface area contributed by atoms with Crippen LogP contribution in [-0.2, 0) is 9.59 Å². The Balaban J connectivity index is 2.06. The van der Waals surface area contributed by atoms with Crippen molar-refractivity contribution in [2.45, 2.75) is 19.8 Å². The molecular formula is C17H17NO3S2. The molecular weight excluding hydrogens is 330 g/mol. The van der Waals surface area contributed by atoms with E-state index in [-0.39, 0.29) is 12.3 Å². The molecule has 4 nitrogen and oxygen atoms in total. The van der Waals surface area contributed by atoms with Crippen LogP contribution in [0.1, 0.15) is 25.3 Å². The molecule has 0 saturated carbocycles. The first kappa shape index (κ1) is 17.4. The number of allylic oxidation sites excluding steroid dienone is 2. The van der Waals surface area contributed by atoms with Gasteiger partial charge in [0.1, 0.15) is 4.32 Å². The van der Waals surface area contributed by atoms with Crippen molar-refractivity contribution in [3.05, 3.63) is 52.4 Å². The summed E-state index contributed by atoms with van der Waals surface area (Å²) in [6.07, 6.45) is 4.25. The number of carboxylic acids is 1. The Bertz CT molecular complexity index is 680. The van der Waals surface area contributed by atoms with Crippen LogP contribution in [0.3, 0.4) is 0 Å². The molecule has 1 saturated heterocycles. The van der Waals surface area contributed by atoms with E-state index in [2.05, 4.69) is 0 Å². The second kappa shape index (κ2) is 8.08. The van der Waals surface area contributed by atoms with Crippen LogP contribution in [0.15, 0.2) is 46.9 Å². The number of carbonyl (C=O) groups excluding carboxylic acids is 1. The maximum atomic E-state index is 12.4. The Morgan fingerprint density at radius 2 is 2.04 bits per heavy atom. The Labute approximate surface area is 144 Å². The van der Waals surface area contributed by atoms with Crippen LogP contribution in [0.4, 0.5) is 0 Å². The second-order valence-corrected chi connectivity index (χ2v) is 6.81. The fourth-order valence-electron chi connectivity index (χ4n) is 2.14. The van der Waals surface area contributed by atoms with E-state index in [1.54, 1.807) is 0 Å². The number of amides is 1. The quantitative estimate of drug-likeness (QED) is 0.628. The summed E-state index contributed by atoms with van der Waals surface area (Å²) in [6, 6.07) is 9.86. The summed E-state index contributed by atoms with van der Waals surface area (Å²) in [5.74, 6) is -1.01. The van der Waals surface area contributed by atoms with Gasteiger partial charge in [-0.2, -0.15) is 0 Å². The smallest absolute Gasteiger partial charge is 0.303 e. The molecule has 120 valence electrons. The lowest BCUT2D eigenvalue weighted by Gasteiger charge is -2.13. The normalized spacial score (nSPS) is 17.2. The second-order valence-electron chi connectivity index (χ2n) is 5.13. The number of hydrogen-bond acceptors (Lipinski definition) is 4. The fraction of sp³-hybridized carbons (Fsp3) is 0.235. The molecule has 1 amide bonds. The topological polar surface area (TPSA) is 57.6 Å². The summed E-state index contributed by atoms with van der Waals surface area (Å²) in [7, 11) is 0. The molecule has 23 heavy (non-hydrogen) atoms. The van der Waals surface area contributed by atoms with Crippen molar-refractivity contribution >= 4 is 46.3 Å². The largest absolute Gasteiger partial charge is 0.481 e. The van der Waals surface area contributed by atoms with E-state index in [4.69, 9.17) is 17.3 Å². The van der Waals surface area contributed by atoms with Gasteiger partial charge in [-0.3, -0.25) is 14.5 Å². The van der Waals surface area contributed by atoms with Crippen molar-refractivity contribution in [1.82, 2.24) is 4.90 Å². The molecule has 2 rings (SSSR count). The van der Waals surface area contributed by atoms with Gasteiger partial charge in [-0.05, 0) is 30.6 Å². The van der Waals surface area contributed by atoms with Gasteiger partial charge in [0.05, 0.1) is 4.91 Å². The average Bonchev–Trinajstić information content (AvgIpc) is 2.75. The van der Waals surface area contributed by atoms with Gasteiger partial charge in [-0.1, -0.05) is 60.4 Å². The van der Waals surface area contributed by atoms with Gasteiger partial charge in [-0.25, -0.2) is 0 Å². The highest BCUT2D eigenvalue weighted by Gasteiger charge is 2.31. The van der Waals surface area contributed by atoms with E-state index in [1.807, 2.05) is 49.4 Å². The minimum atomic E-state index is -0.868. The van der Waals surface area contributed by atoms with Gasteiger partial charge in [0, 0.05) is 13.0 Å². The third-order valence-electron chi connectivity index (χ3n) is 3.20. The number of rotatable bonds is 6. The number of thiocarbonyl (C=S) groups is 1. The number of thioether (sulfide) groups is 1. The van der Waals surface area contributed by atoms with Gasteiger partial charge in [0.15, 0.2) is 0 Å². The molecule has 1 aromatic carbocycles. The number of carbonyl (C=O) groups is 2. The number of carboxylic acid groups (broad SMARTS) is 1. The SMILES string of the molecule is CC(/C=C1\SC(=S)N(CCCC(=O)O)C1=O)=C\c1ccccc1. The third-order valence-corrected chi connectivity index (χ3v) is 4.58. The molecule has 0 radical (unpaired) electrons. The molecule has 1 fully saturated rings. The van der Waals surface area contributed by atoms with Crippen molar-refractivity contribution in [3.63, 3.8) is 0 Å². The molecule has 0 aliphatic carbocycles. The number of benzene rings is 1. The van der Waals surface area contributed by atoms with Gasteiger partial charge < -0.3 is 5.11 Å². The Morgan fingerprint density at radius 1 is 1.35 bits per heavy atom. The number of aliphatic carboxylic acids is 1. The van der Waals surface area contributed by atoms with Gasteiger partial charge in [-0.15, -0.1) is 0 Å². The summed E-state index contributed by atoms with van der Waals surface area (Å²) >= 11 is 6.48. The predicted molar refractivity (Wildman–Crippen MR) is 96.9 cm³/mol. The molecule has 1 aromatic rings. The molecule has 0 spiro atoms. The zero-order valence-electron chi connectivity index (χ0n) is 12.7. The summed E-state index contributed by atoms with van der Waals surface area (Å²) in [5, 5.41) is 8.67. The monoisotopic (exact) mass is 347 g/mol. The first-order valence-corrected chi connectivity index (χ1v) is 8.40. The summed E-state index contributed by atoms with van der Waals surface area (Å²) in [4.78, 5) is 25.0. The lowest BCUT2D eigenvalue weighted by molar-refractivity contribution is -0.137. The standard InChI is InChI=1S/C17H17NO3S2/c1-12(10-13-6-3-2-4-7-13)11-14-16(21)18(17(22)23-14)9-5-8-15(19)20/h2-4,6-7,10-11H,5,8-9H2,1H3,(H,19,20)/b12-10+,14-11-. The minimum absolute atomic E-state index is 0.0308. The lowest BCUT2D eigenvalue weighted by atomic mass is 10.1. The van der Waals surface area contributed by atoms with Crippen molar-refractivity contribution in [2.75, 3.05) is 6.54 Å². The maximum absolute atomic E-state index is 12.4. The van der Waals surface area contributed by atoms with E-state index in [0.717, 1.165) is 11.1 Å². The third kappa shape index (κ3) is 5.04. The Hall–Kier alpha value is -1.92. The highest BCUT2D eigenvalue weighted by atomic mass is 32.2. The molecule has 0 atom stereocenters. The van der Waals surface area contributed by atoms with Crippen LogP contribution in [0.2, 0.25) is 0 Å². The molecule has 1 aliphatic heterocycles. The van der Waals surface area contributed by atoms with Crippen LogP contribution in [0, 0.1) is 0 Å². The lowest BCUT2D eigenvalue weighted by Crippen LogP contribution is -2.29. The summed E-state index contributed by atoms with van der Waals surface area (Å²) < 4.78 is 0.485. The zero-order chi connectivity index (χ0) is 16.8. The highest BCUT2D eigenvalue weighted by Crippen LogP contribution is 2.32. The average molecular weight is 347 g/mol. The Kier molecular flexibility index (Phi) is 6.12. The molecule has 0 unspecified atom stereocenters. The van der Waals surface area contributed by atoms with E-state index < -0.39 is 5.97 Å². The summed E-state index contributed by atoms with van der Waals surface area (Å²) in [5.41, 5.74) is 2.03. The molecule has 1 heterocycles. The molecule has 6 heteroatoms. The molecule has 1 aliphatic rings. The molecule has 1 N–H and O–H groups in total. The van der Waals surface area contributed by atoms with Crippen LogP contribution in [0.5, 0.6) is 0 Å². The van der Waals surface area contributed by atoms with Crippen molar-refractivity contribution in [2.24, 2.45) is 0 Å². The van der Waals surface area contributed by atoms with Crippen LogP contribution < -0.4 is 0 Å². The van der Waals surface area contributed by atoms with E-state index in [1.165, 1.54) is 16.7 Å². The fourth-order valence-corrected chi connectivity index (χ4v) is 3.50. The predicted octanol–water partition coefficient (Wildman–Crippen LogP) is 3.70.